The lowest BCUT2D eigenvalue weighted by Gasteiger charge is -2.19. The summed E-state index contributed by atoms with van der Waals surface area (Å²) in [5, 5.41) is 5.58. The number of hydrogen-bond acceptors (Lipinski definition) is 5. The molecular weight excluding hydrogens is 484 g/mol. The lowest BCUT2D eigenvalue weighted by molar-refractivity contribution is -0.119. The maximum Gasteiger partial charge on any atom is 0.321 e. The average molecular weight is 507 g/mol. The lowest BCUT2D eigenvalue weighted by atomic mass is 10.1. The summed E-state index contributed by atoms with van der Waals surface area (Å²) in [5.41, 5.74) is 1.85. The van der Waals surface area contributed by atoms with Crippen LogP contribution in [0.2, 0.25) is 5.02 Å². The fraction of sp³-hybridized carbons (Fsp3) is 0.154. The van der Waals surface area contributed by atoms with E-state index in [-0.39, 0.29) is 12.1 Å². The van der Waals surface area contributed by atoms with Crippen molar-refractivity contribution in [2.45, 2.75) is 23.9 Å². The third-order valence-electron chi connectivity index (χ3n) is 5.22. The Kier molecular flexibility index (Phi) is 7.84. The summed E-state index contributed by atoms with van der Waals surface area (Å²) < 4.78 is 1.55. The molecule has 9 heteroatoms. The van der Waals surface area contributed by atoms with E-state index in [9.17, 15) is 14.4 Å². The molecule has 35 heavy (non-hydrogen) atoms. The van der Waals surface area contributed by atoms with E-state index in [2.05, 4.69) is 10.6 Å². The molecule has 1 heterocycles. The van der Waals surface area contributed by atoms with Gasteiger partial charge in [-0.05, 0) is 42.3 Å². The number of thioether (sulfide) groups is 1. The van der Waals surface area contributed by atoms with Crippen molar-refractivity contribution < 1.29 is 9.59 Å². The molecule has 3 aromatic carbocycles. The molecular formula is C26H23ClN4O3S. The zero-order chi connectivity index (χ0) is 24.8. The van der Waals surface area contributed by atoms with Gasteiger partial charge < -0.3 is 5.32 Å². The van der Waals surface area contributed by atoms with E-state index in [1.165, 1.54) is 0 Å². The molecule has 178 valence electrons. The number of para-hydroxylation sites is 1. The Morgan fingerprint density at radius 3 is 2.40 bits per heavy atom. The van der Waals surface area contributed by atoms with E-state index in [1.807, 2.05) is 36.4 Å². The number of carbonyl (C=O) groups excluding carboxylic acids is 2. The summed E-state index contributed by atoms with van der Waals surface area (Å²) in [4.78, 5) is 43.5. The molecule has 4 rings (SSSR count). The fourth-order valence-electron chi connectivity index (χ4n) is 3.54. The third kappa shape index (κ3) is 5.90. The highest BCUT2D eigenvalue weighted by Crippen LogP contribution is 2.35. The second kappa shape index (κ2) is 11.2. The van der Waals surface area contributed by atoms with E-state index in [4.69, 9.17) is 16.6 Å². The molecule has 0 aliphatic carbocycles. The van der Waals surface area contributed by atoms with E-state index in [0.29, 0.717) is 33.2 Å². The molecule has 3 amide bonds. The molecule has 2 N–H and O–H groups in total. The predicted molar refractivity (Wildman–Crippen MR) is 139 cm³/mol. The summed E-state index contributed by atoms with van der Waals surface area (Å²) in [5.74, 6) is -0.507. The van der Waals surface area contributed by atoms with Crippen molar-refractivity contribution in [3.8, 4) is 0 Å². The number of benzene rings is 3. The minimum Gasteiger partial charge on any atom is -0.338 e. The van der Waals surface area contributed by atoms with Crippen LogP contribution in [-0.4, -0.2) is 28.0 Å². The first kappa shape index (κ1) is 24.5. The standard InChI is InChI=1S/C26H23ClN4O3S/c1-2-28-25(34)30-23(32)22(18-8-4-3-5-9-18)35-26-29-21-11-7-6-10-20(21)24(33)31(26)16-17-12-14-19(27)15-13-17/h3-15,22H,2,16H2,1H3,(H2,28,30,32,34)/t22-/m1/s1. The lowest BCUT2D eigenvalue weighted by Crippen LogP contribution is -2.41. The monoisotopic (exact) mass is 506 g/mol. The second-order valence-electron chi connectivity index (χ2n) is 7.69. The molecule has 0 radical (unpaired) electrons. The number of carbonyl (C=O) groups is 2. The minimum absolute atomic E-state index is 0.219. The number of nitrogens with zero attached hydrogens (tertiary/aromatic N) is 2. The predicted octanol–water partition coefficient (Wildman–Crippen LogP) is 4.78. The largest absolute Gasteiger partial charge is 0.338 e. The number of halogens is 1. The summed E-state index contributed by atoms with van der Waals surface area (Å²) in [6, 6.07) is 22.8. The van der Waals surface area contributed by atoms with Crippen LogP contribution in [0.1, 0.15) is 23.3 Å². The molecule has 0 fully saturated rings. The van der Waals surface area contributed by atoms with E-state index in [0.717, 1.165) is 17.3 Å². The fourth-order valence-corrected chi connectivity index (χ4v) is 4.76. The summed E-state index contributed by atoms with van der Waals surface area (Å²) in [7, 11) is 0. The number of aromatic nitrogens is 2. The van der Waals surface area contributed by atoms with Gasteiger partial charge in [-0.25, -0.2) is 9.78 Å². The van der Waals surface area contributed by atoms with Gasteiger partial charge in [0.1, 0.15) is 5.25 Å². The van der Waals surface area contributed by atoms with Gasteiger partial charge in [0.2, 0.25) is 5.91 Å². The van der Waals surface area contributed by atoms with E-state index in [1.54, 1.807) is 54.0 Å². The number of nitrogens with one attached hydrogen (secondary N) is 2. The topological polar surface area (TPSA) is 93.1 Å². The van der Waals surface area contributed by atoms with Crippen LogP contribution in [0.3, 0.4) is 0 Å². The van der Waals surface area contributed by atoms with Crippen LogP contribution in [0, 0.1) is 0 Å². The van der Waals surface area contributed by atoms with Gasteiger partial charge in [-0.1, -0.05) is 78.0 Å². The Balaban J connectivity index is 1.79. The third-order valence-corrected chi connectivity index (χ3v) is 6.71. The van der Waals surface area contributed by atoms with Crippen molar-refractivity contribution >= 4 is 46.2 Å². The number of amides is 3. The van der Waals surface area contributed by atoms with Gasteiger partial charge in [0.15, 0.2) is 5.16 Å². The van der Waals surface area contributed by atoms with Gasteiger partial charge in [0, 0.05) is 11.6 Å². The molecule has 0 aliphatic rings. The zero-order valence-electron chi connectivity index (χ0n) is 18.9. The molecule has 0 unspecified atom stereocenters. The van der Waals surface area contributed by atoms with Gasteiger partial charge in [0.25, 0.3) is 5.56 Å². The molecule has 0 bridgehead atoms. The van der Waals surface area contributed by atoms with Crippen LogP contribution in [0.4, 0.5) is 4.79 Å². The number of urea groups is 1. The van der Waals surface area contributed by atoms with Crippen molar-refractivity contribution in [3.63, 3.8) is 0 Å². The Labute approximate surface area is 211 Å². The zero-order valence-corrected chi connectivity index (χ0v) is 20.5. The smallest absolute Gasteiger partial charge is 0.321 e. The van der Waals surface area contributed by atoms with Crippen molar-refractivity contribution in [3.05, 3.63) is 105 Å². The van der Waals surface area contributed by atoms with Crippen LogP contribution in [0.15, 0.2) is 88.8 Å². The number of rotatable bonds is 7. The molecule has 1 atom stereocenters. The molecule has 0 saturated carbocycles. The first-order valence-corrected chi connectivity index (χ1v) is 12.3. The second-order valence-corrected chi connectivity index (χ2v) is 9.20. The highest BCUT2D eigenvalue weighted by Gasteiger charge is 2.26. The van der Waals surface area contributed by atoms with Gasteiger partial charge in [-0.15, -0.1) is 0 Å². The summed E-state index contributed by atoms with van der Waals surface area (Å²) in [6.07, 6.45) is 0. The molecule has 4 aromatic rings. The van der Waals surface area contributed by atoms with Crippen LogP contribution in [0.25, 0.3) is 10.9 Å². The Bertz CT molecular complexity index is 1410. The van der Waals surface area contributed by atoms with Crippen molar-refractivity contribution in [1.82, 2.24) is 20.2 Å². The van der Waals surface area contributed by atoms with Crippen LogP contribution in [-0.2, 0) is 11.3 Å². The molecule has 1 aromatic heterocycles. The number of fused-ring (bicyclic) bond motifs is 1. The summed E-state index contributed by atoms with van der Waals surface area (Å²) in [6.45, 7) is 2.40. The maximum atomic E-state index is 13.5. The Morgan fingerprint density at radius 2 is 1.69 bits per heavy atom. The van der Waals surface area contributed by atoms with Crippen LogP contribution >= 0.6 is 23.4 Å². The first-order chi connectivity index (χ1) is 17.0. The highest BCUT2D eigenvalue weighted by atomic mass is 35.5. The molecule has 0 aliphatic heterocycles. The first-order valence-electron chi connectivity index (χ1n) is 11.0. The SMILES string of the molecule is CCNC(=O)NC(=O)[C@H](Sc1nc2ccccc2c(=O)n1Cc1ccc(Cl)cc1)c1ccccc1. The maximum absolute atomic E-state index is 13.5. The van der Waals surface area contributed by atoms with Crippen LogP contribution in [0.5, 0.6) is 0 Å². The van der Waals surface area contributed by atoms with Crippen molar-refractivity contribution in [2.24, 2.45) is 0 Å². The number of imide groups is 1. The normalized spacial score (nSPS) is 11.7. The van der Waals surface area contributed by atoms with E-state index >= 15 is 0 Å². The summed E-state index contributed by atoms with van der Waals surface area (Å²) >= 11 is 7.15. The number of hydrogen-bond donors (Lipinski definition) is 2. The van der Waals surface area contributed by atoms with Gasteiger partial charge in [-0.3, -0.25) is 19.5 Å². The van der Waals surface area contributed by atoms with Gasteiger partial charge in [-0.2, -0.15) is 0 Å². The van der Waals surface area contributed by atoms with Crippen LogP contribution < -0.4 is 16.2 Å². The molecule has 7 nitrogen and oxygen atoms in total. The Morgan fingerprint density at radius 1 is 1.00 bits per heavy atom. The molecule has 0 saturated heterocycles. The minimum atomic E-state index is -0.816. The Hall–Kier alpha value is -3.62. The van der Waals surface area contributed by atoms with Gasteiger partial charge >= 0.3 is 6.03 Å². The average Bonchev–Trinajstić information content (AvgIpc) is 2.86. The molecule has 0 spiro atoms. The quantitative estimate of drug-likeness (QED) is 0.278. The van der Waals surface area contributed by atoms with E-state index < -0.39 is 17.2 Å². The van der Waals surface area contributed by atoms with Gasteiger partial charge in [0.05, 0.1) is 17.4 Å². The highest BCUT2D eigenvalue weighted by molar-refractivity contribution is 8.00. The van der Waals surface area contributed by atoms with Crippen molar-refractivity contribution in [2.75, 3.05) is 6.54 Å². The van der Waals surface area contributed by atoms with Crippen molar-refractivity contribution in [1.29, 1.82) is 0 Å².